The number of guanidine groups is 1. The standard InChI is InChI=1S/C24H24Cl2N6O2S2.2C3H8/c25-19-8-6-18(7-9-19)23-22(17-4-2-1-3-5-17)16-32(30-23)24(28-14-15-29-36(27,33)34)31-35-21-12-10-20(26)11-13-21;2*1-3-2/h1-13,22,29H,14-16H2,(H,28,31)(H2,27,33,34);2*3H2,1-2H3. The first-order chi connectivity index (χ1) is 20.1. The Labute approximate surface area is 265 Å². The van der Waals surface area contributed by atoms with Gasteiger partial charge in [0.25, 0.3) is 10.2 Å². The molecule has 1 unspecified atom stereocenters. The lowest BCUT2D eigenvalue weighted by molar-refractivity contribution is 0.463. The summed E-state index contributed by atoms with van der Waals surface area (Å²) < 4.78 is 28.0. The van der Waals surface area contributed by atoms with Gasteiger partial charge in [0, 0.05) is 27.4 Å². The van der Waals surface area contributed by atoms with E-state index in [0.29, 0.717) is 22.5 Å². The first-order valence-electron chi connectivity index (χ1n) is 13.8. The quantitative estimate of drug-likeness (QED) is 0.104. The fourth-order valence-corrected chi connectivity index (χ4v) is 4.86. The summed E-state index contributed by atoms with van der Waals surface area (Å²) in [5.41, 5.74) is 2.96. The third kappa shape index (κ3) is 12.7. The Morgan fingerprint density at radius 1 is 0.952 bits per heavy atom. The number of nitrogens with two attached hydrogens (primary N) is 1. The number of hydrogen-bond donors (Lipinski definition) is 3. The summed E-state index contributed by atoms with van der Waals surface area (Å²) in [5, 5.41) is 13.0. The maximum absolute atomic E-state index is 11.2. The molecule has 1 atom stereocenters. The van der Waals surface area contributed by atoms with E-state index in [1.54, 1.807) is 17.1 Å². The molecular formula is C30H40Cl2N6O2S2. The first-order valence-corrected chi connectivity index (χ1v) is 16.9. The van der Waals surface area contributed by atoms with Crippen molar-refractivity contribution < 1.29 is 8.42 Å². The molecule has 1 aliphatic rings. The highest BCUT2D eigenvalue weighted by molar-refractivity contribution is 7.98. The molecule has 42 heavy (non-hydrogen) atoms. The molecule has 0 amide bonds. The van der Waals surface area contributed by atoms with E-state index >= 15 is 0 Å². The van der Waals surface area contributed by atoms with Crippen LogP contribution in [-0.4, -0.2) is 44.7 Å². The minimum absolute atomic E-state index is 0.0116. The Morgan fingerprint density at radius 3 is 2.05 bits per heavy atom. The highest BCUT2D eigenvalue weighted by atomic mass is 35.5. The van der Waals surface area contributed by atoms with Crippen LogP contribution in [0.3, 0.4) is 0 Å². The maximum Gasteiger partial charge on any atom is 0.274 e. The molecule has 0 aliphatic carbocycles. The Kier molecular flexibility index (Phi) is 16.0. The molecule has 0 radical (unpaired) electrons. The minimum Gasteiger partial charge on any atom is -0.295 e. The van der Waals surface area contributed by atoms with Crippen molar-refractivity contribution >= 4 is 57.0 Å². The minimum atomic E-state index is -3.80. The number of rotatable bonds is 8. The van der Waals surface area contributed by atoms with Gasteiger partial charge < -0.3 is 0 Å². The van der Waals surface area contributed by atoms with Crippen LogP contribution in [0.5, 0.6) is 0 Å². The van der Waals surface area contributed by atoms with Crippen molar-refractivity contribution in [2.24, 2.45) is 15.2 Å². The zero-order chi connectivity index (χ0) is 31.0. The van der Waals surface area contributed by atoms with Crippen LogP contribution in [0.1, 0.15) is 57.6 Å². The van der Waals surface area contributed by atoms with E-state index in [1.165, 1.54) is 24.8 Å². The van der Waals surface area contributed by atoms with Gasteiger partial charge in [0.1, 0.15) is 0 Å². The van der Waals surface area contributed by atoms with Crippen LogP contribution in [-0.2, 0) is 10.2 Å². The maximum atomic E-state index is 11.2. The molecule has 0 aromatic heterocycles. The van der Waals surface area contributed by atoms with Crippen LogP contribution in [0.25, 0.3) is 0 Å². The fraction of sp³-hybridized carbons (Fsp3) is 0.333. The normalized spacial score (nSPS) is 14.7. The highest BCUT2D eigenvalue weighted by Gasteiger charge is 2.31. The number of benzene rings is 3. The smallest absolute Gasteiger partial charge is 0.274 e. The molecule has 0 spiro atoms. The van der Waals surface area contributed by atoms with Crippen LogP contribution < -0.4 is 14.6 Å². The molecule has 0 bridgehead atoms. The summed E-state index contributed by atoms with van der Waals surface area (Å²) in [5.74, 6) is 0.471. The second-order valence-electron chi connectivity index (χ2n) is 9.25. The molecule has 4 N–H and O–H groups in total. The fourth-order valence-electron chi connectivity index (χ4n) is 3.59. The predicted molar refractivity (Wildman–Crippen MR) is 180 cm³/mol. The van der Waals surface area contributed by atoms with Crippen molar-refractivity contribution in [2.45, 2.75) is 51.3 Å². The molecule has 3 aromatic rings. The lowest BCUT2D eigenvalue weighted by Crippen LogP contribution is -2.36. The van der Waals surface area contributed by atoms with Crippen molar-refractivity contribution in [3.8, 4) is 0 Å². The van der Waals surface area contributed by atoms with Crippen molar-refractivity contribution in [3.63, 3.8) is 0 Å². The van der Waals surface area contributed by atoms with Crippen molar-refractivity contribution in [1.82, 2.24) is 14.5 Å². The van der Waals surface area contributed by atoms with E-state index in [1.807, 2.05) is 54.6 Å². The summed E-state index contributed by atoms with van der Waals surface area (Å²) in [7, 11) is -3.80. The third-order valence-corrected chi connectivity index (χ3v) is 7.15. The van der Waals surface area contributed by atoms with E-state index in [-0.39, 0.29) is 19.0 Å². The zero-order valence-corrected chi connectivity index (χ0v) is 27.6. The first kappa shape index (κ1) is 35.6. The number of halogens is 2. The van der Waals surface area contributed by atoms with Gasteiger partial charge in [-0.15, -0.1) is 0 Å². The predicted octanol–water partition coefficient (Wildman–Crippen LogP) is 7.08. The molecule has 0 fully saturated rings. The Hall–Kier alpha value is -2.60. The molecule has 12 heteroatoms. The summed E-state index contributed by atoms with van der Waals surface area (Å²) >= 11 is 13.5. The van der Waals surface area contributed by atoms with Gasteiger partial charge in [-0.25, -0.2) is 19.9 Å². The van der Waals surface area contributed by atoms with Crippen LogP contribution in [0.4, 0.5) is 0 Å². The lowest BCUT2D eigenvalue weighted by Gasteiger charge is -2.19. The molecule has 228 valence electrons. The number of aliphatic imine (C=N–C) groups is 1. The third-order valence-electron chi connectivity index (χ3n) is 5.25. The average Bonchev–Trinajstić information content (AvgIpc) is 3.40. The zero-order valence-electron chi connectivity index (χ0n) is 24.4. The highest BCUT2D eigenvalue weighted by Crippen LogP contribution is 2.30. The number of hydrogen-bond acceptors (Lipinski definition) is 5. The molecule has 1 heterocycles. The van der Waals surface area contributed by atoms with Gasteiger partial charge in [0.15, 0.2) is 0 Å². The molecule has 1 aliphatic heterocycles. The van der Waals surface area contributed by atoms with E-state index in [9.17, 15) is 8.42 Å². The molecular weight excluding hydrogens is 611 g/mol. The van der Waals surface area contributed by atoms with Crippen molar-refractivity contribution in [1.29, 1.82) is 0 Å². The van der Waals surface area contributed by atoms with E-state index in [2.05, 4.69) is 54.3 Å². The largest absolute Gasteiger partial charge is 0.295 e. The van der Waals surface area contributed by atoms with Gasteiger partial charge in [-0.3, -0.25) is 4.72 Å². The summed E-state index contributed by atoms with van der Waals surface area (Å²) in [4.78, 5) is 5.51. The second-order valence-corrected chi connectivity index (χ2v) is 12.4. The van der Waals surface area contributed by atoms with E-state index in [0.717, 1.165) is 21.7 Å². The van der Waals surface area contributed by atoms with Crippen LogP contribution in [0, 0.1) is 0 Å². The summed E-state index contributed by atoms with van der Waals surface area (Å²) in [6, 6.07) is 25.1. The van der Waals surface area contributed by atoms with Gasteiger partial charge in [-0.2, -0.15) is 13.5 Å². The monoisotopic (exact) mass is 650 g/mol. The Bertz CT molecular complexity index is 1370. The van der Waals surface area contributed by atoms with Gasteiger partial charge in [-0.05, 0) is 59.5 Å². The van der Waals surface area contributed by atoms with Crippen molar-refractivity contribution in [3.05, 3.63) is 100 Å². The van der Waals surface area contributed by atoms with Gasteiger partial charge in [-0.1, -0.05) is 106 Å². The number of nitrogens with zero attached hydrogens (tertiary/aromatic N) is 3. The van der Waals surface area contributed by atoms with Crippen LogP contribution in [0.2, 0.25) is 10.0 Å². The lowest BCUT2D eigenvalue weighted by atomic mass is 9.91. The second kappa shape index (κ2) is 18.8. The van der Waals surface area contributed by atoms with Gasteiger partial charge >= 0.3 is 0 Å². The van der Waals surface area contributed by atoms with Crippen LogP contribution >= 0.6 is 35.1 Å². The van der Waals surface area contributed by atoms with Crippen molar-refractivity contribution in [2.75, 3.05) is 19.6 Å². The molecule has 3 aromatic carbocycles. The molecule has 0 saturated heterocycles. The molecule has 0 saturated carbocycles. The molecule has 4 rings (SSSR count). The Balaban J connectivity index is 0.000000946. The van der Waals surface area contributed by atoms with E-state index < -0.39 is 10.2 Å². The Morgan fingerprint density at radius 2 is 1.50 bits per heavy atom. The summed E-state index contributed by atoms with van der Waals surface area (Å²) in [6.45, 7) is 9.26. The van der Waals surface area contributed by atoms with Gasteiger partial charge in [0.2, 0.25) is 5.96 Å². The summed E-state index contributed by atoms with van der Waals surface area (Å²) in [6.07, 6.45) is 2.50. The SMILES string of the molecule is CCC.CCC.NS(=O)(=O)NCCN=C(NSc1ccc(Cl)cc1)N1CC(c2ccccc2)C(c2ccc(Cl)cc2)=N1. The molecule has 8 nitrogen and oxygen atoms in total. The number of nitrogens with one attached hydrogen (secondary N) is 2. The van der Waals surface area contributed by atoms with E-state index in [4.69, 9.17) is 33.4 Å². The topological polar surface area (TPSA) is 112 Å². The van der Waals surface area contributed by atoms with Gasteiger partial charge in [0.05, 0.1) is 18.8 Å². The number of hydrazone groups is 1. The average molecular weight is 652 g/mol. The van der Waals surface area contributed by atoms with Crippen LogP contribution in [0.15, 0.2) is 93.9 Å².